The van der Waals surface area contributed by atoms with E-state index in [1.165, 1.54) is 0 Å². The van der Waals surface area contributed by atoms with Crippen LogP contribution in [0, 0.1) is 12.8 Å². The molecule has 98 valence electrons. The maximum Gasteiger partial charge on any atom is 0.227 e. The van der Waals surface area contributed by atoms with E-state index in [1.54, 1.807) is 4.90 Å². The van der Waals surface area contributed by atoms with E-state index < -0.39 is 0 Å². The average molecular weight is 312 g/mol. The minimum atomic E-state index is 0.102. The van der Waals surface area contributed by atoms with Crippen molar-refractivity contribution < 1.29 is 4.79 Å². The molecule has 1 aliphatic heterocycles. The molecule has 1 saturated heterocycles. The summed E-state index contributed by atoms with van der Waals surface area (Å²) in [7, 11) is 3.63. The predicted octanol–water partition coefficient (Wildman–Crippen LogP) is 2.07. The molecule has 2 rings (SSSR count). The second-order valence-electron chi connectivity index (χ2n) is 4.96. The molecule has 1 aromatic heterocycles. The highest BCUT2D eigenvalue weighted by Crippen LogP contribution is 2.27. The first-order valence-electron chi connectivity index (χ1n) is 6.07. The van der Waals surface area contributed by atoms with Crippen LogP contribution < -0.4 is 4.90 Å². The van der Waals surface area contributed by atoms with E-state index in [1.807, 2.05) is 27.2 Å². The number of hydrogen-bond donors (Lipinski definition) is 0. The molecule has 0 saturated carbocycles. The Labute approximate surface area is 116 Å². The molecule has 0 N–H and O–H groups in total. The number of aromatic nitrogens is 1. The van der Waals surface area contributed by atoms with Gasteiger partial charge in [-0.2, -0.15) is 0 Å². The quantitative estimate of drug-likeness (QED) is 0.839. The average Bonchev–Trinajstić information content (AvgIpc) is 2.77. The van der Waals surface area contributed by atoms with Crippen LogP contribution in [0.3, 0.4) is 0 Å². The van der Waals surface area contributed by atoms with Crippen molar-refractivity contribution in [3.8, 4) is 0 Å². The van der Waals surface area contributed by atoms with Crippen LogP contribution in [0.5, 0.6) is 0 Å². The Morgan fingerprint density at radius 2 is 2.28 bits per heavy atom. The smallest absolute Gasteiger partial charge is 0.227 e. The maximum absolute atomic E-state index is 11.9. The number of carbonyl (C=O) groups is 1. The standard InChI is InChI=1S/C13H18BrN3O/c1-9-6-11(14)7-15-12(9)17-5-4-10(8-17)13(18)16(2)3/h6-7,10H,4-5,8H2,1-3H3. The van der Waals surface area contributed by atoms with E-state index in [0.29, 0.717) is 0 Å². The molecule has 18 heavy (non-hydrogen) atoms. The summed E-state index contributed by atoms with van der Waals surface area (Å²) in [5, 5.41) is 0. The summed E-state index contributed by atoms with van der Waals surface area (Å²) in [4.78, 5) is 20.3. The van der Waals surface area contributed by atoms with Crippen LogP contribution in [-0.4, -0.2) is 43.0 Å². The van der Waals surface area contributed by atoms with Gasteiger partial charge >= 0.3 is 0 Å². The lowest BCUT2D eigenvalue weighted by Crippen LogP contribution is -2.32. The van der Waals surface area contributed by atoms with Crippen molar-refractivity contribution >= 4 is 27.7 Å². The van der Waals surface area contributed by atoms with Crippen LogP contribution in [0.15, 0.2) is 16.7 Å². The van der Waals surface area contributed by atoms with E-state index >= 15 is 0 Å². The number of amides is 1. The van der Waals surface area contributed by atoms with E-state index in [9.17, 15) is 4.79 Å². The van der Waals surface area contributed by atoms with Gasteiger partial charge in [0.05, 0.1) is 5.92 Å². The fourth-order valence-corrected chi connectivity index (χ4v) is 2.83. The number of halogens is 1. The van der Waals surface area contributed by atoms with Crippen LogP contribution >= 0.6 is 15.9 Å². The van der Waals surface area contributed by atoms with Crippen LogP contribution in [0.2, 0.25) is 0 Å². The number of aryl methyl sites for hydroxylation is 1. The molecule has 1 atom stereocenters. The molecule has 1 aromatic rings. The lowest BCUT2D eigenvalue weighted by molar-refractivity contribution is -0.132. The Hall–Kier alpha value is -1.10. The van der Waals surface area contributed by atoms with Crippen LogP contribution in [0.25, 0.3) is 0 Å². The summed E-state index contributed by atoms with van der Waals surface area (Å²) in [6.07, 6.45) is 2.72. The van der Waals surface area contributed by atoms with Crippen molar-refractivity contribution in [2.45, 2.75) is 13.3 Å². The van der Waals surface area contributed by atoms with Gasteiger partial charge < -0.3 is 9.80 Å². The Kier molecular flexibility index (Phi) is 3.90. The van der Waals surface area contributed by atoms with Gasteiger partial charge in [0.25, 0.3) is 0 Å². The maximum atomic E-state index is 11.9. The molecule has 4 nitrogen and oxygen atoms in total. The van der Waals surface area contributed by atoms with Crippen molar-refractivity contribution in [2.75, 3.05) is 32.1 Å². The third kappa shape index (κ3) is 2.66. The highest BCUT2D eigenvalue weighted by Gasteiger charge is 2.30. The molecule has 1 aliphatic rings. The normalized spacial score (nSPS) is 19.1. The Bertz CT molecular complexity index is 462. The van der Waals surface area contributed by atoms with Gasteiger partial charge in [-0.05, 0) is 40.9 Å². The van der Waals surface area contributed by atoms with Crippen molar-refractivity contribution in [3.05, 3.63) is 22.3 Å². The van der Waals surface area contributed by atoms with Gasteiger partial charge in [0, 0.05) is 37.9 Å². The lowest BCUT2D eigenvalue weighted by atomic mass is 10.1. The second-order valence-corrected chi connectivity index (χ2v) is 5.87. The van der Waals surface area contributed by atoms with Gasteiger partial charge in [0.15, 0.2) is 0 Å². The molecule has 5 heteroatoms. The summed E-state index contributed by atoms with van der Waals surface area (Å²) < 4.78 is 0.990. The Morgan fingerprint density at radius 1 is 1.56 bits per heavy atom. The molecule has 0 aliphatic carbocycles. The largest absolute Gasteiger partial charge is 0.356 e. The molecular weight excluding hydrogens is 294 g/mol. The first-order valence-corrected chi connectivity index (χ1v) is 6.86. The highest BCUT2D eigenvalue weighted by atomic mass is 79.9. The molecule has 0 aromatic carbocycles. The van der Waals surface area contributed by atoms with Crippen LogP contribution in [0.4, 0.5) is 5.82 Å². The number of carbonyl (C=O) groups excluding carboxylic acids is 1. The number of pyridine rings is 1. The zero-order chi connectivity index (χ0) is 13.3. The van der Waals surface area contributed by atoms with Crippen molar-refractivity contribution in [3.63, 3.8) is 0 Å². The van der Waals surface area contributed by atoms with E-state index in [-0.39, 0.29) is 11.8 Å². The van der Waals surface area contributed by atoms with Gasteiger partial charge in [-0.25, -0.2) is 4.98 Å². The molecule has 2 heterocycles. The van der Waals surface area contributed by atoms with Gasteiger partial charge in [-0.1, -0.05) is 0 Å². The lowest BCUT2D eigenvalue weighted by Gasteiger charge is -2.20. The number of anilines is 1. The monoisotopic (exact) mass is 311 g/mol. The van der Waals surface area contributed by atoms with Gasteiger partial charge in [0.1, 0.15) is 5.82 Å². The minimum Gasteiger partial charge on any atom is -0.356 e. The number of hydrogen-bond acceptors (Lipinski definition) is 3. The molecule has 1 amide bonds. The summed E-state index contributed by atoms with van der Waals surface area (Å²) in [6, 6.07) is 2.06. The first kappa shape index (κ1) is 13.3. The third-order valence-electron chi connectivity index (χ3n) is 3.30. The molecule has 0 radical (unpaired) electrons. The van der Waals surface area contributed by atoms with Crippen LogP contribution in [0.1, 0.15) is 12.0 Å². The zero-order valence-electron chi connectivity index (χ0n) is 11.0. The molecule has 1 fully saturated rings. The fraction of sp³-hybridized carbons (Fsp3) is 0.538. The summed E-state index contributed by atoms with van der Waals surface area (Å²) >= 11 is 3.42. The number of rotatable bonds is 2. The SMILES string of the molecule is Cc1cc(Br)cnc1N1CCC(C(=O)N(C)C)C1. The zero-order valence-corrected chi connectivity index (χ0v) is 12.6. The summed E-state index contributed by atoms with van der Waals surface area (Å²) in [5.74, 6) is 1.31. The second kappa shape index (κ2) is 5.26. The first-order chi connectivity index (χ1) is 8.49. The third-order valence-corrected chi connectivity index (χ3v) is 3.73. The predicted molar refractivity (Wildman–Crippen MR) is 75.7 cm³/mol. The molecule has 0 bridgehead atoms. The van der Waals surface area contributed by atoms with Gasteiger partial charge in [0.2, 0.25) is 5.91 Å². The number of nitrogens with zero attached hydrogens (tertiary/aromatic N) is 3. The van der Waals surface area contributed by atoms with Crippen LogP contribution in [-0.2, 0) is 4.79 Å². The van der Waals surface area contributed by atoms with E-state index in [0.717, 1.165) is 35.4 Å². The topological polar surface area (TPSA) is 36.4 Å². The summed E-state index contributed by atoms with van der Waals surface area (Å²) in [5.41, 5.74) is 1.14. The van der Waals surface area contributed by atoms with Gasteiger partial charge in [-0.3, -0.25) is 4.79 Å². The molecular formula is C13H18BrN3O. The highest BCUT2D eigenvalue weighted by molar-refractivity contribution is 9.10. The van der Waals surface area contributed by atoms with E-state index in [2.05, 4.69) is 31.9 Å². The van der Waals surface area contributed by atoms with Gasteiger partial charge in [-0.15, -0.1) is 0 Å². The van der Waals surface area contributed by atoms with E-state index in [4.69, 9.17) is 0 Å². The Morgan fingerprint density at radius 3 is 2.89 bits per heavy atom. The molecule has 1 unspecified atom stereocenters. The van der Waals surface area contributed by atoms with Crippen molar-refractivity contribution in [1.29, 1.82) is 0 Å². The summed E-state index contributed by atoms with van der Waals surface area (Å²) in [6.45, 7) is 3.72. The van der Waals surface area contributed by atoms with Crippen molar-refractivity contribution in [1.82, 2.24) is 9.88 Å². The minimum absolute atomic E-state index is 0.102. The molecule has 0 spiro atoms. The Balaban J connectivity index is 2.11. The van der Waals surface area contributed by atoms with Crippen molar-refractivity contribution in [2.24, 2.45) is 5.92 Å². The fourth-order valence-electron chi connectivity index (χ4n) is 2.38.